The maximum absolute atomic E-state index is 3.68. The van der Waals surface area contributed by atoms with Gasteiger partial charge < -0.3 is 5.32 Å². The quantitative estimate of drug-likeness (QED) is 0.623. The zero-order chi connectivity index (χ0) is 12.7. The summed E-state index contributed by atoms with van der Waals surface area (Å²) in [5.74, 6) is 0. The van der Waals surface area contributed by atoms with Crippen LogP contribution >= 0.6 is 0 Å². The van der Waals surface area contributed by atoms with Crippen LogP contribution in [0, 0.1) is 5.41 Å². The monoisotopic (exact) mass is 239 g/mol. The molecule has 0 aliphatic carbocycles. The number of hydrogen-bond acceptors (Lipinski definition) is 1. The van der Waals surface area contributed by atoms with Gasteiger partial charge in [0.05, 0.1) is 0 Å². The molecule has 1 fully saturated rings. The molecule has 0 aromatic heterocycles. The van der Waals surface area contributed by atoms with Crippen LogP contribution in [0.1, 0.15) is 85.5 Å². The Bertz CT molecular complexity index is 190. The molecule has 0 radical (unpaired) electrons. The SMILES string of the molecule is CCCCCCCC1(CC)CC(C)NC(C)C1. The van der Waals surface area contributed by atoms with Gasteiger partial charge in [-0.25, -0.2) is 0 Å². The maximum atomic E-state index is 3.68. The summed E-state index contributed by atoms with van der Waals surface area (Å²) in [5.41, 5.74) is 0.649. The Morgan fingerprint density at radius 2 is 1.53 bits per heavy atom. The average Bonchev–Trinajstić information content (AvgIpc) is 2.27. The van der Waals surface area contributed by atoms with E-state index in [-0.39, 0.29) is 0 Å². The molecule has 2 atom stereocenters. The van der Waals surface area contributed by atoms with Gasteiger partial charge in [0, 0.05) is 12.1 Å². The standard InChI is InChI=1S/C16H33N/c1-5-7-8-9-10-11-16(6-2)12-14(3)17-15(4)13-16/h14-15,17H,5-13H2,1-4H3. The van der Waals surface area contributed by atoms with Crippen molar-refractivity contribution in [2.24, 2.45) is 5.41 Å². The van der Waals surface area contributed by atoms with Gasteiger partial charge in [0.25, 0.3) is 0 Å². The molecule has 1 N–H and O–H groups in total. The van der Waals surface area contributed by atoms with Gasteiger partial charge in [0.2, 0.25) is 0 Å². The summed E-state index contributed by atoms with van der Waals surface area (Å²) in [6.45, 7) is 9.41. The van der Waals surface area contributed by atoms with Gasteiger partial charge in [-0.15, -0.1) is 0 Å². The molecule has 1 nitrogen and oxygen atoms in total. The normalized spacial score (nSPS) is 33.9. The number of hydrogen-bond donors (Lipinski definition) is 1. The van der Waals surface area contributed by atoms with Crippen LogP contribution in [0.2, 0.25) is 0 Å². The first-order chi connectivity index (χ1) is 8.12. The summed E-state index contributed by atoms with van der Waals surface area (Å²) in [7, 11) is 0. The van der Waals surface area contributed by atoms with E-state index in [1.807, 2.05) is 0 Å². The first-order valence-electron chi connectivity index (χ1n) is 7.88. The Morgan fingerprint density at radius 3 is 2.06 bits per heavy atom. The minimum Gasteiger partial charge on any atom is -0.312 e. The van der Waals surface area contributed by atoms with Crippen LogP contribution < -0.4 is 5.32 Å². The molecule has 0 aromatic rings. The van der Waals surface area contributed by atoms with E-state index < -0.39 is 0 Å². The Hall–Kier alpha value is -0.0400. The second kappa shape index (κ2) is 7.41. The van der Waals surface area contributed by atoms with Gasteiger partial charge in [-0.2, -0.15) is 0 Å². The van der Waals surface area contributed by atoms with Crippen molar-refractivity contribution < 1.29 is 0 Å². The van der Waals surface area contributed by atoms with Gasteiger partial charge >= 0.3 is 0 Å². The summed E-state index contributed by atoms with van der Waals surface area (Å²) < 4.78 is 0. The van der Waals surface area contributed by atoms with E-state index in [1.165, 1.54) is 57.8 Å². The first-order valence-corrected chi connectivity index (χ1v) is 7.88. The lowest BCUT2D eigenvalue weighted by Gasteiger charge is -2.43. The van der Waals surface area contributed by atoms with Crippen molar-refractivity contribution >= 4 is 0 Å². The molecule has 2 unspecified atom stereocenters. The van der Waals surface area contributed by atoms with Crippen LogP contribution in [0.25, 0.3) is 0 Å². The lowest BCUT2D eigenvalue weighted by Crippen LogP contribution is -2.47. The molecule has 0 aromatic carbocycles. The minimum absolute atomic E-state index is 0.649. The highest BCUT2D eigenvalue weighted by atomic mass is 15.0. The molecule has 102 valence electrons. The van der Waals surface area contributed by atoms with Gasteiger partial charge in [-0.3, -0.25) is 0 Å². The second-order valence-electron chi connectivity index (χ2n) is 6.39. The Kier molecular flexibility index (Phi) is 6.54. The fraction of sp³-hybridized carbons (Fsp3) is 1.00. The zero-order valence-corrected chi connectivity index (χ0v) is 12.5. The van der Waals surface area contributed by atoms with Crippen molar-refractivity contribution in [1.29, 1.82) is 0 Å². The average molecular weight is 239 g/mol. The Morgan fingerprint density at radius 1 is 0.941 bits per heavy atom. The number of piperidine rings is 1. The van der Waals surface area contributed by atoms with Gasteiger partial charge in [0.1, 0.15) is 0 Å². The lowest BCUT2D eigenvalue weighted by molar-refractivity contribution is 0.116. The molecule has 1 saturated heterocycles. The molecule has 1 heteroatoms. The van der Waals surface area contributed by atoms with E-state index in [0.29, 0.717) is 17.5 Å². The van der Waals surface area contributed by atoms with Crippen LogP contribution in [-0.4, -0.2) is 12.1 Å². The molecule has 0 saturated carbocycles. The first kappa shape index (κ1) is 15.0. The second-order valence-corrected chi connectivity index (χ2v) is 6.39. The van der Waals surface area contributed by atoms with Crippen LogP contribution in [0.5, 0.6) is 0 Å². The molecule has 0 amide bonds. The molecular weight excluding hydrogens is 206 g/mol. The predicted octanol–water partition coefficient (Wildman–Crippen LogP) is 4.90. The third-order valence-electron chi connectivity index (χ3n) is 4.61. The summed E-state index contributed by atoms with van der Waals surface area (Å²) >= 11 is 0. The Labute approximate surface area is 109 Å². The largest absolute Gasteiger partial charge is 0.312 e. The van der Waals surface area contributed by atoms with Crippen LogP contribution in [0.3, 0.4) is 0 Å². The van der Waals surface area contributed by atoms with Gasteiger partial charge in [-0.1, -0.05) is 52.4 Å². The number of unbranched alkanes of at least 4 members (excludes halogenated alkanes) is 4. The molecule has 0 bridgehead atoms. The summed E-state index contributed by atoms with van der Waals surface area (Å²) in [4.78, 5) is 0. The molecule has 1 rings (SSSR count). The highest BCUT2D eigenvalue weighted by molar-refractivity contribution is 4.91. The molecule has 1 aliphatic heterocycles. The van der Waals surface area contributed by atoms with Crippen LogP contribution in [-0.2, 0) is 0 Å². The summed E-state index contributed by atoms with van der Waals surface area (Å²) in [6, 6.07) is 1.43. The third kappa shape index (κ3) is 4.99. The molecule has 1 heterocycles. The summed E-state index contributed by atoms with van der Waals surface area (Å²) in [5, 5.41) is 3.68. The van der Waals surface area contributed by atoms with Crippen molar-refractivity contribution in [1.82, 2.24) is 5.32 Å². The van der Waals surface area contributed by atoms with Crippen molar-refractivity contribution in [2.75, 3.05) is 0 Å². The van der Waals surface area contributed by atoms with Crippen molar-refractivity contribution in [3.05, 3.63) is 0 Å². The molecule has 17 heavy (non-hydrogen) atoms. The van der Waals surface area contributed by atoms with Gasteiger partial charge in [-0.05, 0) is 38.5 Å². The summed E-state index contributed by atoms with van der Waals surface area (Å²) in [6.07, 6.45) is 12.7. The van der Waals surface area contributed by atoms with E-state index in [9.17, 15) is 0 Å². The van der Waals surface area contributed by atoms with Gasteiger partial charge in [0.15, 0.2) is 0 Å². The molecule has 0 spiro atoms. The van der Waals surface area contributed by atoms with E-state index >= 15 is 0 Å². The fourth-order valence-corrected chi connectivity index (χ4v) is 3.76. The zero-order valence-electron chi connectivity index (χ0n) is 12.5. The van der Waals surface area contributed by atoms with E-state index in [1.54, 1.807) is 0 Å². The van der Waals surface area contributed by atoms with E-state index in [2.05, 4.69) is 33.0 Å². The van der Waals surface area contributed by atoms with Crippen molar-refractivity contribution in [3.63, 3.8) is 0 Å². The minimum atomic E-state index is 0.649. The van der Waals surface area contributed by atoms with E-state index in [4.69, 9.17) is 0 Å². The van der Waals surface area contributed by atoms with Crippen LogP contribution in [0.4, 0.5) is 0 Å². The Balaban J connectivity index is 2.34. The lowest BCUT2D eigenvalue weighted by atomic mass is 9.69. The highest BCUT2D eigenvalue weighted by Crippen LogP contribution is 2.41. The smallest absolute Gasteiger partial charge is 0.00465 e. The van der Waals surface area contributed by atoms with Crippen molar-refractivity contribution in [2.45, 2.75) is 97.6 Å². The molecular formula is C16H33N. The van der Waals surface area contributed by atoms with Crippen molar-refractivity contribution in [3.8, 4) is 0 Å². The number of rotatable bonds is 7. The maximum Gasteiger partial charge on any atom is 0.00465 e. The fourth-order valence-electron chi connectivity index (χ4n) is 3.76. The highest BCUT2D eigenvalue weighted by Gasteiger charge is 2.35. The van der Waals surface area contributed by atoms with E-state index in [0.717, 1.165) is 0 Å². The third-order valence-corrected chi connectivity index (χ3v) is 4.61. The topological polar surface area (TPSA) is 12.0 Å². The number of nitrogens with one attached hydrogen (secondary N) is 1. The van der Waals surface area contributed by atoms with Crippen LogP contribution in [0.15, 0.2) is 0 Å². The predicted molar refractivity (Wildman–Crippen MR) is 77.4 cm³/mol. The molecule has 1 aliphatic rings.